The van der Waals surface area contributed by atoms with Crippen LogP contribution in [0.25, 0.3) is 0 Å². The van der Waals surface area contributed by atoms with Gasteiger partial charge >= 0.3 is 5.97 Å². The van der Waals surface area contributed by atoms with Crippen molar-refractivity contribution in [2.45, 2.75) is 79.4 Å². The van der Waals surface area contributed by atoms with Gasteiger partial charge in [-0.25, -0.2) is 0 Å². The highest BCUT2D eigenvalue weighted by Crippen LogP contribution is 2.28. The molecular formula is C21H40N2O6. The maximum atomic E-state index is 12.6. The van der Waals surface area contributed by atoms with Crippen molar-refractivity contribution in [3.8, 4) is 0 Å². The monoisotopic (exact) mass is 416 g/mol. The number of aliphatic hydroxyl groups is 1. The van der Waals surface area contributed by atoms with Gasteiger partial charge in [0.1, 0.15) is 0 Å². The summed E-state index contributed by atoms with van der Waals surface area (Å²) in [6.07, 6.45) is 0.660. The molecule has 0 radical (unpaired) electrons. The normalized spacial score (nSPS) is 14.8. The summed E-state index contributed by atoms with van der Waals surface area (Å²) in [6.45, 7) is 14.6. The molecule has 0 aliphatic carbocycles. The van der Waals surface area contributed by atoms with Crippen LogP contribution in [0.1, 0.15) is 68.2 Å². The summed E-state index contributed by atoms with van der Waals surface area (Å²) in [7, 11) is 0. The Morgan fingerprint density at radius 1 is 1.00 bits per heavy atom. The Kier molecular flexibility index (Phi) is 10.3. The molecule has 170 valence electrons. The fraction of sp³-hybridized carbons (Fsp3) is 0.857. The number of aliphatic hydroxyl groups excluding tert-OH is 1. The first-order chi connectivity index (χ1) is 13.0. The number of hydrogen-bond donors (Lipinski definition) is 4. The van der Waals surface area contributed by atoms with Crippen LogP contribution in [0.2, 0.25) is 0 Å². The van der Waals surface area contributed by atoms with Crippen LogP contribution in [0.4, 0.5) is 0 Å². The van der Waals surface area contributed by atoms with Crippen molar-refractivity contribution in [1.29, 1.82) is 0 Å². The summed E-state index contributed by atoms with van der Waals surface area (Å²) in [4.78, 5) is 36.0. The van der Waals surface area contributed by atoms with Gasteiger partial charge in [0.25, 0.3) is 0 Å². The Balaban J connectivity index is 4.67. The third kappa shape index (κ3) is 10.6. The van der Waals surface area contributed by atoms with Crippen LogP contribution in [-0.4, -0.2) is 58.9 Å². The van der Waals surface area contributed by atoms with Crippen molar-refractivity contribution in [2.75, 3.05) is 19.8 Å². The van der Waals surface area contributed by atoms with E-state index in [1.54, 1.807) is 27.7 Å². The highest BCUT2D eigenvalue weighted by atomic mass is 16.5. The molecule has 0 fully saturated rings. The van der Waals surface area contributed by atoms with Crippen LogP contribution in [0, 0.1) is 17.3 Å². The second-order valence-electron chi connectivity index (χ2n) is 9.83. The van der Waals surface area contributed by atoms with E-state index in [-0.39, 0.29) is 31.4 Å². The molecule has 0 aromatic carbocycles. The summed E-state index contributed by atoms with van der Waals surface area (Å²) in [5, 5.41) is 24.0. The Bertz CT molecular complexity index is 572. The number of hydrogen-bond acceptors (Lipinski definition) is 5. The lowest BCUT2D eigenvalue weighted by atomic mass is 9.79. The number of carboxylic acids is 1. The van der Waals surface area contributed by atoms with E-state index < -0.39 is 34.4 Å². The van der Waals surface area contributed by atoms with E-state index in [9.17, 15) is 14.4 Å². The lowest BCUT2D eigenvalue weighted by Crippen LogP contribution is -2.51. The van der Waals surface area contributed by atoms with E-state index in [1.807, 2.05) is 27.7 Å². The molecule has 0 aromatic heterocycles. The molecule has 0 aliphatic rings. The van der Waals surface area contributed by atoms with Crippen LogP contribution < -0.4 is 10.6 Å². The van der Waals surface area contributed by atoms with Gasteiger partial charge in [-0.15, -0.1) is 0 Å². The molecule has 0 saturated carbocycles. The van der Waals surface area contributed by atoms with E-state index >= 15 is 0 Å². The molecule has 0 rings (SSSR count). The van der Waals surface area contributed by atoms with Crippen LogP contribution in [0.3, 0.4) is 0 Å². The maximum absolute atomic E-state index is 12.6. The standard InChI is InChI=1S/C21H40N2O6/c1-14(11-15(2)17(26)27)16(25)23-20(5,6)12-19(3,4)18(28)22-9-10-29-21(7,8)13-24/h14-15,24H,9-13H2,1-8H3,(H,22,28)(H,23,25)(H,26,27). The van der Waals surface area contributed by atoms with Gasteiger partial charge in [-0.3, -0.25) is 14.4 Å². The molecular weight excluding hydrogens is 376 g/mol. The third-order valence-corrected chi connectivity index (χ3v) is 4.80. The first-order valence-corrected chi connectivity index (χ1v) is 10.1. The smallest absolute Gasteiger partial charge is 0.306 e. The van der Waals surface area contributed by atoms with E-state index in [2.05, 4.69) is 10.6 Å². The number of nitrogens with one attached hydrogen (secondary N) is 2. The van der Waals surface area contributed by atoms with Crippen LogP contribution in [0.15, 0.2) is 0 Å². The average molecular weight is 417 g/mol. The Morgan fingerprint density at radius 2 is 1.55 bits per heavy atom. The number of carbonyl (C=O) groups excluding carboxylic acids is 2. The fourth-order valence-electron chi connectivity index (χ4n) is 3.20. The van der Waals surface area contributed by atoms with Crippen LogP contribution >= 0.6 is 0 Å². The molecule has 2 atom stereocenters. The molecule has 0 aromatic rings. The van der Waals surface area contributed by atoms with Crippen molar-refractivity contribution in [3.05, 3.63) is 0 Å². The van der Waals surface area contributed by atoms with Crippen molar-refractivity contribution >= 4 is 17.8 Å². The predicted molar refractivity (Wildman–Crippen MR) is 111 cm³/mol. The van der Waals surface area contributed by atoms with Crippen LogP contribution in [-0.2, 0) is 19.1 Å². The number of ether oxygens (including phenoxy) is 1. The number of carbonyl (C=O) groups is 3. The second kappa shape index (κ2) is 10.9. The summed E-state index contributed by atoms with van der Waals surface area (Å²) < 4.78 is 5.51. The minimum absolute atomic E-state index is 0.107. The first kappa shape index (κ1) is 27.3. The Hall–Kier alpha value is -1.67. The SMILES string of the molecule is CC(CC(C)C(=O)NC(C)(C)CC(C)(C)C(=O)NCCOC(C)(C)CO)C(=O)O. The van der Waals surface area contributed by atoms with E-state index in [0.29, 0.717) is 13.0 Å². The van der Waals surface area contributed by atoms with Gasteiger partial charge in [0.15, 0.2) is 0 Å². The quantitative estimate of drug-likeness (QED) is 0.340. The highest BCUT2D eigenvalue weighted by Gasteiger charge is 2.36. The summed E-state index contributed by atoms with van der Waals surface area (Å²) in [5.74, 6) is -2.34. The summed E-state index contributed by atoms with van der Waals surface area (Å²) in [6, 6.07) is 0. The Morgan fingerprint density at radius 3 is 2.03 bits per heavy atom. The highest BCUT2D eigenvalue weighted by molar-refractivity contribution is 5.82. The predicted octanol–water partition coefficient (Wildman–Crippen LogP) is 1.95. The fourth-order valence-corrected chi connectivity index (χ4v) is 3.20. The average Bonchev–Trinajstić information content (AvgIpc) is 2.56. The molecule has 8 heteroatoms. The number of amides is 2. The largest absolute Gasteiger partial charge is 0.481 e. The topological polar surface area (TPSA) is 125 Å². The summed E-state index contributed by atoms with van der Waals surface area (Å²) >= 11 is 0. The van der Waals surface area contributed by atoms with Gasteiger partial charge in [-0.05, 0) is 40.5 Å². The molecule has 0 heterocycles. The molecule has 8 nitrogen and oxygen atoms in total. The third-order valence-electron chi connectivity index (χ3n) is 4.80. The number of carboxylic acid groups (broad SMARTS) is 1. The van der Waals surface area contributed by atoms with Crippen molar-refractivity contribution in [1.82, 2.24) is 10.6 Å². The number of rotatable bonds is 13. The van der Waals surface area contributed by atoms with E-state index in [0.717, 1.165) is 0 Å². The van der Waals surface area contributed by atoms with Crippen molar-refractivity contribution in [3.63, 3.8) is 0 Å². The zero-order valence-electron chi connectivity index (χ0n) is 19.2. The molecule has 29 heavy (non-hydrogen) atoms. The van der Waals surface area contributed by atoms with Gasteiger partial charge in [-0.2, -0.15) is 0 Å². The van der Waals surface area contributed by atoms with E-state index in [1.165, 1.54) is 0 Å². The molecule has 4 N–H and O–H groups in total. The number of aliphatic carboxylic acids is 1. The van der Waals surface area contributed by atoms with Crippen molar-refractivity contribution < 1.29 is 29.3 Å². The molecule has 0 aliphatic heterocycles. The zero-order chi connectivity index (χ0) is 23.0. The molecule has 2 amide bonds. The molecule has 0 saturated heterocycles. The minimum atomic E-state index is -0.923. The van der Waals surface area contributed by atoms with Gasteiger partial charge in [0, 0.05) is 23.4 Å². The lowest BCUT2D eigenvalue weighted by Gasteiger charge is -2.35. The molecule has 0 bridgehead atoms. The van der Waals surface area contributed by atoms with Gasteiger partial charge in [-0.1, -0.05) is 27.7 Å². The van der Waals surface area contributed by atoms with Crippen molar-refractivity contribution in [2.24, 2.45) is 17.3 Å². The molecule has 0 spiro atoms. The second-order valence-corrected chi connectivity index (χ2v) is 9.83. The minimum Gasteiger partial charge on any atom is -0.481 e. The molecule has 2 unspecified atom stereocenters. The maximum Gasteiger partial charge on any atom is 0.306 e. The lowest BCUT2D eigenvalue weighted by molar-refractivity contribution is -0.142. The van der Waals surface area contributed by atoms with Gasteiger partial charge < -0.3 is 25.6 Å². The van der Waals surface area contributed by atoms with E-state index in [4.69, 9.17) is 14.9 Å². The van der Waals surface area contributed by atoms with Gasteiger partial charge in [0.05, 0.1) is 24.7 Å². The summed E-state index contributed by atoms with van der Waals surface area (Å²) in [5.41, 5.74) is -2.03. The first-order valence-electron chi connectivity index (χ1n) is 10.1. The Labute approximate surface area is 174 Å². The van der Waals surface area contributed by atoms with Gasteiger partial charge in [0.2, 0.25) is 11.8 Å². The zero-order valence-corrected chi connectivity index (χ0v) is 19.2. The van der Waals surface area contributed by atoms with Crippen LogP contribution in [0.5, 0.6) is 0 Å².